The van der Waals surface area contributed by atoms with Crippen molar-refractivity contribution in [2.75, 3.05) is 40.0 Å². The van der Waals surface area contributed by atoms with Crippen LogP contribution in [-0.2, 0) is 16.0 Å². The first-order valence-corrected chi connectivity index (χ1v) is 12.0. The van der Waals surface area contributed by atoms with E-state index in [1.807, 2.05) is 24.3 Å². The monoisotopic (exact) mass is 454 g/mol. The van der Waals surface area contributed by atoms with Crippen molar-refractivity contribution in [1.29, 1.82) is 0 Å². The van der Waals surface area contributed by atoms with Gasteiger partial charge in [0, 0.05) is 31.4 Å². The van der Waals surface area contributed by atoms with E-state index in [9.17, 15) is 9.18 Å². The van der Waals surface area contributed by atoms with Gasteiger partial charge in [-0.3, -0.25) is 9.69 Å². The molecule has 2 fully saturated rings. The summed E-state index contributed by atoms with van der Waals surface area (Å²) in [6.07, 6.45) is 4.60. The SMILES string of the molecule is COc1ccc(F)cc1-c1ccc(CC2(C(=O)NC[C@H](C)N3CCCC3)CCOCC2)cc1. The summed E-state index contributed by atoms with van der Waals surface area (Å²) in [4.78, 5) is 15.9. The molecule has 2 heterocycles. The first kappa shape index (κ1) is 23.7. The highest BCUT2D eigenvalue weighted by molar-refractivity contribution is 5.83. The van der Waals surface area contributed by atoms with Gasteiger partial charge in [0.2, 0.25) is 5.91 Å². The van der Waals surface area contributed by atoms with Crippen LogP contribution in [0.15, 0.2) is 42.5 Å². The average Bonchev–Trinajstić information content (AvgIpc) is 3.38. The van der Waals surface area contributed by atoms with Gasteiger partial charge in [0.25, 0.3) is 0 Å². The van der Waals surface area contributed by atoms with Crippen molar-refractivity contribution in [3.63, 3.8) is 0 Å². The summed E-state index contributed by atoms with van der Waals surface area (Å²) in [6.45, 7) is 6.33. The van der Waals surface area contributed by atoms with E-state index in [0.717, 1.165) is 42.6 Å². The van der Waals surface area contributed by atoms with E-state index in [1.165, 1.54) is 25.0 Å². The standard InChI is InChI=1S/C27H35FN2O3/c1-20(30-13-3-4-14-30)19-29-26(31)27(11-15-33-16-12-27)18-21-5-7-22(8-6-21)24-17-23(28)9-10-25(24)32-2/h5-10,17,20H,3-4,11-16,18-19H2,1-2H3,(H,29,31)/t20-/m0/s1. The summed E-state index contributed by atoms with van der Waals surface area (Å²) in [5, 5.41) is 3.25. The van der Waals surface area contributed by atoms with E-state index in [0.29, 0.717) is 38.0 Å². The van der Waals surface area contributed by atoms with Crippen molar-refractivity contribution in [2.24, 2.45) is 5.41 Å². The van der Waals surface area contributed by atoms with Crippen molar-refractivity contribution < 1.29 is 18.7 Å². The minimum absolute atomic E-state index is 0.132. The molecule has 2 aromatic carbocycles. The van der Waals surface area contributed by atoms with Crippen LogP contribution in [0.1, 0.15) is 38.2 Å². The molecule has 1 atom stereocenters. The summed E-state index contributed by atoms with van der Waals surface area (Å²) in [6, 6.07) is 12.9. The molecule has 4 rings (SSSR count). The summed E-state index contributed by atoms with van der Waals surface area (Å²) in [5.41, 5.74) is 2.25. The van der Waals surface area contributed by atoms with Crippen LogP contribution >= 0.6 is 0 Å². The molecule has 0 radical (unpaired) electrons. The zero-order chi connectivity index (χ0) is 23.3. The van der Waals surface area contributed by atoms with Crippen molar-refractivity contribution in [3.05, 3.63) is 53.8 Å². The van der Waals surface area contributed by atoms with Gasteiger partial charge in [-0.05, 0) is 81.4 Å². The second kappa shape index (κ2) is 10.7. The predicted octanol–water partition coefficient (Wildman–Crippen LogP) is 4.44. The third-order valence-electron chi connectivity index (χ3n) is 7.22. The molecule has 0 bridgehead atoms. The fourth-order valence-corrected chi connectivity index (χ4v) is 5.08. The lowest BCUT2D eigenvalue weighted by Crippen LogP contribution is -2.49. The fraction of sp³-hybridized carbons (Fsp3) is 0.519. The molecule has 2 aliphatic rings. The maximum absolute atomic E-state index is 13.8. The molecular formula is C27H35FN2O3. The van der Waals surface area contributed by atoms with Crippen molar-refractivity contribution in [3.8, 4) is 16.9 Å². The van der Waals surface area contributed by atoms with Crippen LogP contribution in [0.25, 0.3) is 11.1 Å². The Morgan fingerprint density at radius 3 is 2.52 bits per heavy atom. The Hall–Kier alpha value is -2.44. The van der Waals surface area contributed by atoms with Gasteiger partial charge in [0.1, 0.15) is 11.6 Å². The van der Waals surface area contributed by atoms with Gasteiger partial charge >= 0.3 is 0 Å². The summed E-state index contributed by atoms with van der Waals surface area (Å²) >= 11 is 0. The molecule has 1 N–H and O–H groups in total. The Bertz CT molecular complexity index is 935. The molecule has 0 spiro atoms. The normalized spacial score (nSPS) is 19.2. The highest BCUT2D eigenvalue weighted by Gasteiger charge is 2.40. The molecule has 2 aromatic rings. The van der Waals surface area contributed by atoms with Gasteiger partial charge in [0.05, 0.1) is 12.5 Å². The van der Waals surface area contributed by atoms with E-state index < -0.39 is 5.41 Å². The van der Waals surface area contributed by atoms with Crippen LogP contribution in [0.5, 0.6) is 5.75 Å². The van der Waals surface area contributed by atoms with Crippen LogP contribution in [0.3, 0.4) is 0 Å². The fourth-order valence-electron chi connectivity index (χ4n) is 5.08. The molecule has 0 unspecified atom stereocenters. The van der Waals surface area contributed by atoms with Crippen molar-refractivity contribution >= 4 is 5.91 Å². The first-order valence-electron chi connectivity index (χ1n) is 12.0. The minimum Gasteiger partial charge on any atom is -0.496 e. The number of likely N-dealkylation sites (tertiary alicyclic amines) is 1. The predicted molar refractivity (Wildman–Crippen MR) is 128 cm³/mol. The Kier molecular flexibility index (Phi) is 7.66. The number of methoxy groups -OCH3 is 1. The lowest BCUT2D eigenvalue weighted by atomic mass is 9.74. The second-order valence-corrected chi connectivity index (χ2v) is 9.41. The van der Waals surface area contributed by atoms with Crippen LogP contribution < -0.4 is 10.1 Å². The second-order valence-electron chi connectivity index (χ2n) is 9.41. The molecule has 2 saturated heterocycles. The number of carbonyl (C=O) groups excluding carboxylic acids is 1. The van der Waals surface area contributed by atoms with Crippen molar-refractivity contribution in [1.82, 2.24) is 10.2 Å². The van der Waals surface area contributed by atoms with Gasteiger partial charge in [-0.15, -0.1) is 0 Å². The van der Waals surface area contributed by atoms with Crippen molar-refractivity contribution in [2.45, 2.75) is 45.1 Å². The van der Waals surface area contributed by atoms with Gasteiger partial charge in [0.15, 0.2) is 0 Å². The number of nitrogens with zero attached hydrogens (tertiary/aromatic N) is 1. The van der Waals surface area contributed by atoms with E-state index >= 15 is 0 Å². The molecule has 6 heteroatoms. The summed E-state index contributed by atoms with van der Waals surface area (Å²) in [7, 11) is 1.59. The molecule has 0 aromatic heterocycles. The number of halogens is 1. The number of rotatable bonds is 8. The lowest BCUT2D eigenvalue weighted by Gasteiger charge is -2.36. The molecular weight excluding hydrogens is 419 g/mol. The molecule has 0 saturated carbocycles. The molecule has 178 valence electrons. The smallest absolute Gasteiger partial charge is 0.226 e. The molecule has 5 nitrogen and oxygen atoms in total. The van der Waals surface area contributed by atoms with Crippen LogP contribution in [0.4, 0.5) is 4.39 Å². The Balaban J connectivity index is 1.47. The van der Waals surface area contributed by atoms with E-state index in [1.54, 1.807) is 13.2 Å². The maximum atomic E-state index is 13.8. The number of benzene rings is 2. The third kappa shape index (κ3) is 5.56. The number of hydrogen-bond acceptors (Lipinski definition) is 4. The average molecular weight is 455 g/mol. The number of amides is 1. The highest BCUT2D eigenvalue weighted by Crippen LogP contribution is 2.36. The number of hydrogen-bond donors (Lipinski definition) is 1. The summed E-state index contributed by atoms with van der Waals surface area (Å²) in [5.74, 6) is 0.472. The van der Waals surface area contributed by atoms with Gasteiger partial charge < -0.3 is 14.8 Å². The quantitative estimate of drug-likeness (QED) is 0.641. The van der Waals surface area contributed by atoms with Gasteiger partial charge in [-0.2, -0.15) is 0 Å². The summed E-state index contributed by atoms with van der Waals surface area (Å²) < 4.78 is 24.8. The van der Waals surface area contributed by atoms with Crippen LogP contribution in [0.2, 0.25) is 0 Å². The molecule has 2 aliphatic heterocycles. The van der Waals surface area contributed by atoms with E-state index in [-0.39, 0.29) is 11.7 Å². The minimum atomic E-state index is -0.457. The molecule has 1 amide bonds. The molecule has 33 heavy (non-hydrogen) atoms. The zero-order valence-corrected chi connectivity index (χ0v) is 19.7. The topological polar surface area (TPSA) is 50.8 Å². The first-order chi connectivity index (χ1) is 16.0. The van der Waals surface area contributed by atoms with Crippen LogP contribution in [0, 0.1) is 11.2 Å². The lowest BCUT2D eigenvalue weighted by molar-refractivity contribution is -0.136. The Morgan fingerprint density at radius 1 is 1.15 bits per heavy atom. The van der Waals surface area contributed by atoms with Crippen LogP contribution in [-0.4, -0.2) is 56.8 Å². The number of ether oxygens (including phenoxy) is 2. The molecule has 0 aliphatic carbocycles. The Labute approximate surface area is 196 Å². The van der Waals surface area contributed by atoms with Gasteiger partial charge in [-0.1, -0.05) is 24.3 Å². The third-order valence-corrected chi connectivity index (χ3v) is 7.22. The van der Waals surface area contributed by atoms with E-state index in [4.69, 9.17) is 9.47 Å². The largest absolute Gasteiger partial charge is 0.496 e. The number of nitrogens with one attached hydrogen (secondary N) is 1. The highest BCUT2D eigenvalue weighted by atomic mass is 19.1. The maximum Gasteiger partial charge on any atom is 0.226 e. The Morgan fingerprint density at radius 2 is 1.85 bits per heavy atom. The van der Waals surface area contributed by atoms with E-state index in [2.05, 4.69) is 17.1 Å². The van der Waals surface area contributed by atoms with Gasteiger partial charge in [-0.25, -0.2) is 4.39 Å². The number of carbonyl (C=O) groups is 1. The zero-order valence-electron chi connectivity index (χ0n) is 19.7.